The Hall–Kier alpha value is -3.84. The Morgan fingerprint density at radius 3 is 1.92 bits per heavy atom. The monoisotopic (exact) mass is 550 g/mol. The molecule has 0 saturated heterocycles. The van der Waals surface area contributed by atoms with Crippen LogP contribution >= 0.6 is 0 Å². The van der Waals surface area contributed by atoms with E-state index in [-0.39, 0.29) is 35.2 Å². The molecule has 1 heterocycles. The van der Waals surface area contributed by atoms with Crippen LogP contribution in [-0.4, -0.2) is 49.6 Å². The Morgan fingerprint density at radius 2 is 1.47 bits per heavy atom. The molecule has 0 aliphatic carbocycles. The number of ether oxygens (including phenoxy) is 3. The van der Waals surface area contributed by atoms with Crippen molar-refractivity contribution in [3.05, 3.63) is 52.6 Å². The van der Waals surface area contributed by atoms with Crippen molar-refractivity contribution in [2.45, 2.75) is 44.3 Å². The molecule has 3 rings (SSSR count). The number of carbonyl (C=O) groups excluding carboxylic acids is 1. The van der Waals surface area contributed by atoms with Crippen LogP contribution in [0.25, 0.3) is 0 Å². The van der Waals surface area contributed by atoms with Crippen LogP contribution in [0.1, 0.15) is 41.6 Å². The number of fused-ring (bicyclic) bond motifs is 1. The highest BCUT2D eigenvalue weighted by atomic mass is 19.4. The van der Waals surface area contributed by atoms with E-state index >= 15 is 0 Å². The van der Waals surface area contributed by atoms with E-state index in [1.807, 2.05) is 0 Å². The summed E-state index contributed by atoms with van der Waals surface area (Å²) in [6.45, 7) is 0.847. The number of halogens is 6. The van der Waals surface area contributed by atoms with Gasteiger partial charge in [0, 0.05) is 24.2 Å². The van der Waals surface area contributed by atoms with E-state index in [1.165, 1.54) is 26.4 Å². The van der Waals surface area contributed by atoms with E-state index in [9.17, 15) is 41.0 Å². The molecular weight excluding hydrogens is 526 g/mol. The predicted molar refractivity (Wildman–Crippen MR) is 121 cm³/mol. The quantitative estimate of drug-likeness (QED) is 0.438. The number of hydrogen-bond donors (Lipinski definition) is 1. The topological polar surface area (TPSA) is 88.5 Å². The van der Waals surface area contributed by atoms with Crippen LogP contribution in [0, 0.1) is 0 Å². The van der Waals surface area contributed by atoms with Crippen molar-refractivity contribution in [1.29, 1.82) is 0 Å². The van der Waals surface area contributed by atoms with Gasteiger partial charge in [0.05, 0.1) is 44.2 Å². The van der Waals surface area contributed by atoms with Crippen molar-refractivity contribution in [2.24, 2.45) is 0 Å². The molecule has 0 spiro atoms. The molecule has 1 aliphatic rings. The standard InChI is InChI=1S/C24H24F6N2O6/c1-12-5-17(16-9-19(36-2)20(37-3)10-18(16)32(12)21(33)34)31(22(35)38-4)11-13-6-14(23(25,26)27)8-15(7-13)24(28,29)30/h6-10,12,17H,5,11H2,1-4H3,(H,33,34). The van der Waals surface area contributed by atoms with Gasteiger partial charge in [0.25, 0.3) is 0 Å². The zero-order chi connectivity index (χ0) is 28.6. The van der Waals surface area contributed by atoms with Gasteiger partial charge in [-0.3, -0.25) is 9.80 Å². The average molecular weight is 550 g/mol. The minimum atomic E-state index is -5.08. The summed E-state index contributed by atoms with van der Waals surface area (Å²) >= 11 is 0. The molecule has 8 nitrogen and oxygen atoms in total. The van der Waals surface area contributed by atoms with Gasteiger partial charge in [-0.1, -0.05) is 0 Å². The number of anilines is 1. The molecular formula is C24H24F6N2O6. The number of hydrogen-bond acceptors (Lipinski definition) is 5. The van der Waals surface area contributed by atoms with Gasteiger partial charge in [0.2, 0.25) is 0 Å². The Labute approximate surface area is 213 Å². The minimum absolute atomic E-state index is 0.00809. The molecule has 0 radical (unpaired) electrons. The Morgan fingerprint density at radius 1 is 0.947 bits per heavy atom. The number of benzene rings is 2. The molecule has 38 heavy (non-hydrogen) atoms. The van der Waals surface area contributed by atoms with Gasteiger partial charge in [-0.25, -0.2) is 9.59 Å². The molecule has 2 aromatic rings. The van der Waals surface area contributed by atoms with Crippen molar-refractivity contribution in [2.75, 3.05) is 26.2 Å². The second-order valence-corrected chi connectivity index (χ2v) is 8.53. The Kier molecular flexibility index (Phi) is 7.94. The number of rotatable bonds is 5. The summed E-state index contributed by atoms with van der Waals surface area (Å²) in [6.07, 6.45) is -12.6. The summed E-state index contributed by atoms with van der Waals surface area (Å²) < 4.78 is 95.8. The second-order valence-electron chi connectivity index (χ2n) is 8.53. The van der Waals surface area contributed by atoms with Crippen molar-refractivity contribution in [3.8, 4) is 11.5 Å². The SMILES string of the molecule is COC(=O)N(Cc1cc(C(F)(F)F)cc(C(F)(F)F)c1)C1CC(C)N(C(=O)O)c2cc(OC)c(OC)cc21. The maximum absolute atomic E-state index is 13.4. The normalized spacial score (nSPS) is 17.5. The van der Waals surface area contributed by atoms with Gasteiger partial charge >= 0.3 is 24.5 Å². The largest absolute Gasteiger partial charge is 0.493 e. The molecule has 0 aromatic heterocycles. The number of alkyl halides is 6. The van der Waals surface area contributed by atoms with Gasteiger partial charge in [-0.15, -0.1) is 0 Å². The number of carboxylic acid groups (broad SMARTS) is 1. The first-order valence-electron chi connectivity index (χ1n) is 11.0. The first-order valence-corrected chi connectivity index (χ1v) is 11.0. The molecule has 2 aromatic carbocycles. The second kappa shape index (κ2) is 10.5. The smallest absolute Gasteiger partial charge is 0.416 e. The molecule has 0 bridgehead atoms. The third-order valence-corrected chi connectivity index (χ3v) is 6.15. The van der Waals surface area contributed by atoms with Gasteiger partial charge in [0.15, 0.2) is 11.5 Å². The van der Waals surface area contributed by atoms with Crippen molar-refractivity contribution in [1.82, 2.24) is 4.90 Å². The fraction of sp³-hybridized carbons (Fsp3) is 0.417. The van der Waals surface area contributed by atoms with Crippen LogP contribution in [0.4, 0.5) is 41.6 Å². The summed E-state index contributed by atoms with van der Waals surface area (Å²) in [4.78, 5) is 26.9. The lowest BCUT2D eigenvalue weighted by Gasteiger charge is -2.42. The van der Waals surface area contributed by atoms with Crippen molar-refractivity contribution < 1.29 is 55.2 Å². The first-order chi connectivity index (χ1) is 17.6. The van der Waals surface area contributed by atoms with Gasteiger partial charge in [-0.2, -0.15) is 26.3 Å². The number of carbonyl (C=O) groups is 2. The summed E-state index contributed by atoms with van der Waals surface area (Å²) in [6, 6.07) is 2.06. The van der Waals surface area contributed by atoms with Crippen molar-refractivity contribution in [3.63, 3.8) is 0 Å². The van der Waals surface area contributed by atoms with E-state index in [4.69, 9.17) is 14.2 Å². The highest BCUT2D eigenvalue weighted by Gasteiger charge is 2.41. The Balaban J connectivity index is 2.20. The van der Waals surface area contributed by atoms with E-state index in [0.717, 1.165) is 16.9 Å². The van der Waals surface area contributed by atoms with Crippen LogP contribution in [-0.2, 0) is 23.6 Å². The first kappa shape index (κ1) is 28.7. The third kappa shape index (κ3) is 5.68. The van der Waals surface area contributed by atoms with Crippen LogP contribution in [0.15, 0.2) is 30.3 Å². The number of amides is 2. The molecule has 208 valence electrons. The molecule has 0 saturated carbocycles. The number of methoxy groups -OCH3 is 3. The zero-order valence-electron chi connectivity index (χ0n) is 20.6. The average Bonchev–Trinajstić information content (AvgIpc) is 2.84. The van der Waals surface area contributed by atoms with Gasteiger partial charge < -0.3 is 19.3 Å². The fourth-order valence-electron chi connectivity index (χ4n) is 4.47. The molecule has 0 fully saturated rings. The van der Waals surface area contributed by atoms with Gasteiger partial charge in [-0.05, 0) is 43.2 Å². The molecule has 2 unspecified atom stereocenters. The summed E-state index contributed by atoms with van der Waals surface area (Å²) in [5.74, 6) is 0.335. The van der Waals surface area contributed by atoms with Crippen LogP contribution in [0.5, 0.6) is 11.5 Å². The maximum Gasteiger partial charge on any atom is 0.416 e. The van der Waals surface area contributed by atoms with E-state index in [2.05, 4.69) is 0 Å². The third-order valence-electron chi connectivity index (χ3n) is 6.15. The highest BCUT2D eigenvalue weighted by Crippen LogP contribution is 2.46. The lowest BCUT2D eigenvalue weighted by Crippen LogP contribution is -2.47. The van der Waals surface area contributed by atoms with Crippen LogP contribution in [0.2, 0.25) is 0 Å². The number of nitrogens with zero attached hydrogens (tertiary/aromatic N) is 2. The van der Waals surface area contributed by atoms with Crippen LogP contribution in [0.3, 0.4) is 0 Å². The fourth-order valence-corrected chi connectivity index (χ4v) is 4.47. The highest BCUT2D eigenvalue weighted by molar-refractivity contribution is 5.90. The predicted octanol–water partition coefficient (Wildman–Crippen LogP) is 6.33. The summed E-state index contributed by atoms with van der Waals surface area (Å²) in [7, 11) is 3.65. The Bertz CT molecular complexity index is 1180. The van der Waals surface area contributed by atoms with Crippen molar-refractivity contribution >= 4 is 17.9 Å². The zero-order valence-corrected chi connectivity index (χ0v) is 20.6. The van der Waals surface area contributed by atoms with Crippen LogP contribution < -0.4 is 14.4 Å². The maximum atomic E-state index is 13.4. The molecule has 14 heteroatoms. The van der Waals surface area contributed by atoms with E-state index in [1.54, 1.807) is 6.92 Å². The van der Waals surface area contributed by atoms with E-state index in [0.29, 0.717) is 12.1 Å². The lowest BCUT2D eigenvalue weighted by molar-refractivity contribution is -0.143. The molecule has 2 amide bonds. The summed E-state index contributed by atoms with van der Waals surface area (Å²) in [5.41, 5.74) is -3.20. The molecule has 1 aliphatic heterocycles. The van der Waals surface area contributed by atoms with E-state index < -0.39 is 59.9 Å². The minimum Gasteiger partial charge on any atom is -0.493 e. The van der Waals surface area contributed by atoms with Gasteiger partial charge in [0.1, 0.15) is 0 Å². The molecule has 2 atom stereocenters. The lowest BCUT2D eigenvalue weighted by atomic mass is 9.90. The summed E-state index contributed by atoms with van der Waals surface area (Å²) in [5, 5.41) is 9.81. The molecule has 1 N–H and O–H groups in total.